The Morgan fingerprint density at radius 2 is 1.83 bits per heavy atom. The van der Waals surface area contributed by atoms with Crippen molar-refractivity contribution in [1.29, 1.82) is 0 Å². The molecule has 0 unspecified atom stereocenters. The van der Waals surface area contributed by atoms with Crippen LogP contribution in [0.15, 0.2) is 29.2 Å². The topological polar surface area (TPSA) is 91.0 Å². The Morgan fingerprint density at radius 1 is 1.17 bits per heavy atom. The van der Waals surface area contributed by atoms with Crippen molar-refractivity contribution in [3.05, 3.63) is 24.3 Å². The van der Waals surface area contributed by atoms with Crippen LogP contribution in [-0.4, -0.2) is 79.8 Å². The van der Waals surface area contributed by atoms with Crippen LogP contribution in [0.4, 0.5) is 10.5 Å². The number of likely N-dealkylation sites (N-methyl/N-ethyl adjacent to an activating group) is 1. The quantitative estimate of drug-likeness (QED) is 0.623. The number of benzene rings is 1. The number of ether oxygens (including phenoxy) is 1. The minimum atomic E-state index is -0.300. The molecule has 1 fully saturated rings. The van der Waals surface area contributed by atoms with Gasteiger partial charge in [0.25, 0.3) is 0 Å². The lowest BCUT2D eigenvalue weighted by atomic mass is 10.1. The van der Waals surface area contributed by atoms with E-state index in [4.69, 9.17) is 4.74 Å². The second kappa shape index (κ2) is 11.7. The van der Waals surface area contributed by atoms with Crippen LogP contribution in [0.5, 0.6) is 0 Å². The van der Waals surface area contributed by atoms with Gasteiger partial charge in [0, 0.05) is 24.0 Å². The van der Waals surface area contributed by atoms with E-state index < -0.39 is 0 Å². The van der Waals surface area contributed by atoms with E-state index in [9.17, 15) is 14.4 Å². The standard InChI is InChI=1S/C20H30N4O4S/c1-4-28-20(27)24-11-9-15(10-12-24)21-18(25)13-23(2)14-19(26)22-16-7-5-6-8-17(16)29-3/h5-8,15H,4,9-14H2,1-3H3,(H,21,25)(H,22,26). The van der Waals surface area contributed by atoms with E-state index in [2.05, 4.69) is 10.6 Å². The number of carbonyl (C=O) groups excluding carboxylic acids is 3. The van der Waals surface area contributed by atoms with Crippen LogP contribution in [0.25, 0.3) is 0 Å². The van der Waals surface area contributed by atoms with Crippen molar-refractivity contribution in [3.8, 4) is 0 Å². The van der Waals surface area contributed by atoms with Gasteiger partial charge in [-0.25, -0.2) is 4.79 Å². The highest BCUT2D eigenvalue weighted by Crippen LogP contribution is 2.24. The number of thioether (sulfide) groups is 1. The summed E-state index contributed by atoms with van der Waals surface area (Å²) in [5, 5.41) is 5.88. The molecule has 3 amide bonds. The maximum absolute atomic E-state index is 12.3. The summed E-state index contributed by atoms with van der Waals surface area (Å²) in [4.78, 5) is 40.6. The Kier molecular flexibility index (Phi) is 9.27. The van der Waals surface area contributed by atoms with E-state index in [0.717, 1.165) is 10.6 Å². The van der Waals surface area contributed by atoms with Crippen molar-refractivity contribution in [2.45, 2.75) is 30.7 Å². The summed E-state index contributed by atoms with van der Waals surface area (Å²) < 4.78 is 5.00. The smallest absolute Gasteiger partial charge is 0.409 e. The molecular weight excluding hydrogens is 392 g/mol. The Hall–Kier alpha value is -2.26. The number of hydrogen-bond acceptors (Lipinski definition) is 6. The zero-order valence-electron chi connectivity index (χ0n) is 17.3. The molecule has 0 atom stereocenters. The third-order valence-electron chi connectivity index (χ3n) is 4.59. The van der Waals surface area contributed by atoms with Crippen molar-refractivity contribution in [2.24, 2.45) is 0 Å². The number of rotatable bonds is 8. The predicted octanol–water partition coefficient (Wildman–Crippen LogP) is 2.02. The second-order valence-electron chi connectivity index (χ2n) is 6.95. The number of carbonyl (C=O) groups is 3. The number of anilines is 1. The molecule has 0 aliphatic carbocycles. The Balaban J connectivity index is 1.71. The van der Waals surface area contributed by atoms with Gasteiger partial charge in [-0.15, -0.1) is 11.8 Å². The molecule has 2 rings (SSSR count). The lowest BCUT2D eigenvalue weighted by molar-refractivity contribution is -0.123. The number of nitrogens with one attached hydrogen (secondary N) is 2. The number of amides is 3. The summed E-state index contributed by atoms with van der Waals surface area (Å²) in [6.07, 6.45) is 3.05. The fraction of sp³-hybridized carbons (Fsp3) is 0.550. The Bertz CT molecular complexity index is 707. The molecule has 1 heterocycles. The zero-order chi connectivity index (χ0) is 21.2. The average Bonchev–Trinajstić information content (AvgIpc) is 2.68. The zero-order valence-corrected chi connectivity index (χ0v) is 18.1. The SMILES string of the molecule is CCOC(=O)N1CCC(NC(=O)CN(C)CC(=O)Nc2ccccc2SC)CC1. The van der Waals surface area contributed by atoms with Crippen molar-refractivity contribution < 1.29 is 19.1 Å². The second-order valence-corrected chi connectivity index (χ2v) is 7.80. The molecule has 29 heavy (non-hydrogen) atoms. The lowest BCUT2D eigenvalue weighted by Crippen LogP contribution is -2.49. The molecule has 9 heteroatoms. The summed E-state index contributed by atoms with van der Waals surface area (Å²) >= 11 is 1.57. The first kappa shape index (κ1) is 23.0. The molecule has 0 spiro atoms. The van der Waals surface area contributed by atoms with Gasteiger partial charge in [-0.3, -0.25) is 14.5 Å². The van der Waals surface area contributed by atoms with Gasteiger partial charge < -0.3 is 20.3 Å². The lowest BCUT2D eigenvalue weighted by Gasteiger charge is -2.31. The molecule has 8 nitrogen and oxygen atoms in total. The van der Waals surface area contributed by atoms with Crippen LogP contribution in [0.3, 0.4) is 0 Å². The maximum atomic E-state index is 12.3. The summed E-state index contributed by atoms with van der Waals surface area (Å²) in [5.74, 6) is -0.288. The van der Waals surface area contributed by atoms with Crippen LogP contribution < -0.4 is 10.6 Å². The van der Waals surface area contributed by atoms with Gasteiger partial charge in [0.1, 0.15) is 0 Å². The number of likely N-dealkylation sites (tertiary alicyclic amines) is 1. The minimum absolute atomic E-state index is 0.0314. The normalized spacial score (nSPS) is 14.6. The fourth-order valence-electron chi connectivity index (χ4n) is 3.18. The maximum Gasteiger partial charge on any atom is 0.409 e. The van der Waals surface area contributed by atoms with Crippen molar-refractivity contribution in [1.82, 2.24) is 15.1 Å². The van der Waals surface area contributed by atoms with E-state index in [1.807, 2.05) is 30.5 Å². The van der Waals surface area contributed by atoms with Crippen LogP contribution >= 0.6 is 11.8 Å². The van der Waals surface area contributed by atoms with E-state index in [1.165, 1.54) is 0 Å². The molecule has 2 N–H and O–H groups in total. The Morgan fingerprint density at radius 3 is 2.48 bits per heavy atom. The van der Waals surface area contributed by atoms with E-state index in [1.54, 1.807) is 35.5 Å². The third kappa shape index (κ3) is 7.58. The van der Waals surface area contributed by atoms with Gasteiger partial charge in [-0.1, -0.05) is 12.1 Å². The van der Waals surface area contributed by atoms with Crippen molar-refractivity contribution in [2.75, 3.05) is 51.4 Å². The van der Waals surface area contributed by atoms with Crippen molar-refractivity contribution >= 4 is 35.4 Å². The van der Waals surface area contributed by atoms with Gasteiger partial charge in [0.2, 0.25) is 11.8 Å². The summed E-state index contributed by atoms with van der Waals surface area (Å²) in [7, 11) is 1.74. The van der Waals surface area contributed by atoms with Gasteiger partial charge in [0.15, 0.2) is 0 Å². The molecule has 160 valence electrons. The van der Waals surface area contributed by atoms with Crippen LogP contribution in [0.2, 0.25) is 0 Å². The number of piperidine rings is 1. The highest BCUT2D eigenvalue weighted by atomic mass is 32.2. The van der Waals surface area contributed by atoms with Crippen LogP contribution in [0.1, 0.15) is 19.8 Å². The molecule has 1 aliphatic heterocycles. The molecule has 0 bridgehead atoms. The van der Waals surface area contributed by atoms with Gasteiger partial charge in [0.05, 0.1) is 25.4 Å². The average molecular weight is 423 g/mol. The molecule has 1 aromatic carbocycles. The largest absolute Gasteiger partial charge is 0.450 e. The van der Waals surface area contributed by atoms with Gasteiger partial charge >= 0.3 is 6.09 Å². The molecule has 0 aromatic heterocycles. The molecular formula is C20H30N4O4S. The number of para-hydroxylation sites is 1. The highest BCUT2D eigenvalue weighted by molar-refractivity contribution is 7.98. The molecule has 1 aromatic rings. The van der Waals surface area contributed by atoms with Gasteiger partial charge in [-0.05, 0) is 45.2 Å². The summed E-state index contributed by atoms with van der Waals surface area (Å²) in [6, 6.07) is 7.64. The number of hydrogen-bond donors (Lipinski definition) is 2. The third-order valence-corrected chi connectivity index (χ3v) is 5.39. The minimum Gasteiger partial charge on any atom is -0.450 e. The van der Waals surface area contributed by atoms with Crippen LogP contribution in [0, 0.1) is 0 Å². The summed E-state index contributed by atoms with van der Waals surface area (Å²) in [5.41, 5.74) is 0.774. The monoisotopic (exact) mass is 422 g/mol. The van der Waals surface area contributed by atoms with Gasteiger partial charge in [-0.2, -0.15) is 0 Å². The van der Waals surface area contributed by atoms with Crippen LogP contribution in [-0.2, 0) is 14.3 Å². The molecule has 1 saturated heterocycles. The van der Waals surface area contributed by atoms with Crippen molar-refractivity contribution in [3.63, 3.8) is 0 Å². The first-order valence-corrected chi connectivity index (χ1v) is 11.0. The molecule has 0 saturated carbocycles. The molecule has 1 aliphatic rings. The Labute approximate surface area is 176 Å². The molecule has 0 radical (unpaired) electrons. The number of nitrogens with zero attached hydrogens (tertiary/aromatic N) is 2. The van der Waals surface area contributed by atoms with E-state index in [0.29, 0.717) is 32.5 Å². The fourth-order valence-corrected chi connectivity index (χ4v) is 3.73. The predicted molar refractivity (Wildman–Crippen MR) is 114 cm³/mol. The summed E-state index contributed by atoms with van der Waals surface area (Å²) in [6.45, 7) is 3.53. The first-order valence-electron chi connectivity index (χ1n) is 9.75. The van der Waals surface area contributed by atoms with E-state index in [-0.39, 0.29) is 37.0 Å². The highest BCUT2D eigenvalue weighted by Gasteiger charge is 2.24. The first-order chi connectivity index (χ1) is 13.9. The van der Waals surface area contributed by atoms with E-state index >= 15 is 0 Å².